The molecule has 1 unspecified atom stereocenters. The van der Waals surface area contributed by atoms with Gasteiger partial charge in [-0.3, -0.25) is 0 Å². The van der Waals surface area contributed by atoms with E-state index in [2.05, 4.69) is 6.92 Å². The SMILES string of the molecule is CNC(=O)[O-].C[C@H]1[C@@H](O)O[C@@H]2OC3(C)CC[C@H]4[C@H](C)CC[C@@H]1[C@@]24OO3. The number of carbonyl (C=O) groups excluding carboxylic acids is 1. The summed E-state index contributed by atoms with van der Waals surface area (Å²) in [4.78, 5) is 20.8. The van der Waals surface area contributed by atoms with Crippen LogP contribution in [0.3, 0.4) is 0 Å². The topological polar surface area (TPSA) is 109 Å². The zero-order valence-corrected chi connectivity index (χ0v) is 15.2. The highest BCUT2D eigenvalue weighted by atomic mass is 17.3. The van der Waals surface area contributed by atoms with Crippen LogP contribution in [0.25, 0.3) is 0 Å². The van der Waals surface area contributed by atoms with E-state index < -0.39 is 30.1 Å². The lowest BCUT2D eigenvalue weighted by molar-refractivity contribution is -0.576. The van der Waals surface area contributed by atoms with Crippen LogP contribution in [0.5, 0.6) is 0 Å². The summed E-state index contributed by atoms with van der Waals surface area (Å²) in [6.45, 7) is 6.22. The number of nitrogens with one attached hydrogen (secondary N) is 1. The van der Waals surface area contributed by atoms with E-state index in [9.17, 15) is 5.11 Å². The Morgan fingerprint density at radius 3 is 2.52 bits per heavy atom. The first-order valence-corrected chi connectivity index (χ1v) is 9.00. The maximum Gasteiger partial charge on any atom is 0.201 e. The van der Waals surface area contributed by atoms with Crippen LogP contribution in [-0.4, -0.2) is 42.2 Å². The molecule has 5 aliphatic rings. The molecule has 8 heteroatoms. The smallest absolute Gasteiger partial charge is 0.201 e. The van der Waals surface area contributed by atoms with E-state index in [0.717, 1.165) is 19.3 Å². The fraction of sp³-hybridized carbons (Fsp3) is 0.941. The Hall–Kier alpha value is -0.930. The van der Waals surface area contributed by atoms with Crippen molar-refractivity contribution < 1.29 is 34.3 Å². The molecule has 144 valence electrons. The quantitative estimate of drug-likeness (QED) is 0.615. The average molecular weight is 358 g/mol. The Balaban J connectivity index is 0.000000324. The summed E-state index contributed by atoms with van der Waals surface area (Å²) >= 11 is 0. The van der Waals surface area contributed by atoms with Gasteiger partial charge in [0.05, 0.1) is 0 Å². The van der Waals surface area contributed by atoms with E-state index in [0.29, 0.717) is 11.8 Å². The predicted molar refractivity (Wildman–Crippen MR) is 83.5 cm³/mol. The molecule has 0 aromatic rings. The van der Waals surface area contributed by atoms with E-state index in [1.165, 1.54) is 13.5 Å². The lowest BCUT2D eigenvalue weighted by Gasteiger charge is -2.59. The highest BCUT2D eigenvalue weighted by Gasteiger charge is 2.69. The number of ether oxygens (including phenoxy) is 2. The van der Waals surface area contributed by atoms with E-state index in [4.69, 9.17) is 29.1 Å². The number of aliphatic hydroxyl groups excluding tert-OH is 1. The minimum Gasteiger partial charge on any atom is -0.530 e. The second-order valence-corrected chi connectivity index (χ2v) is 7.83. The first kappa shape index (κ1) is 18.8. The molecule has 1 spiro atoms. The Kier molecular flexibility index (Phi) is 5.02. The first-order chi connectivity index (χ1) is 11.7. The lowest BCUT2D eigenvalue weighted by atomic mass is 9.58. The zero-order chi connectivity index (χ0) is 18.4. The molecule has 25 heavy (non-hydrogen) atoms. The number of carbonyl (C=O) groups is 1. The summed E-state index contributed by atoms with van der Waals surface area (Å²) in [6, 6.07) is 0. The van der Waals surface area contributed by atoms with Crippen LogP contribution in [0.1, 0.15) is 46.5 Å². The second kappa shape index (κ2) is 6.66. The summed E-state index contributed by atoms with van der Waals surface area (Å²) in [5.41, 5.74) is -0.549. The van der Waals surface area contributed by atoms with Crippen molar-refractivity contribution in [1.29, 1.82) is 0 Å². The van der Waals surface area contributed by atoms with Gasteiger partial charge in [-0.2, -0.15) is 0 Å². The Morgan fingerprint density at radius 2 is 1.88 bits per heavy atom. The van der Waals surface area contributed by atoms with Crippen LogP contribution in [0.15, 0.2) is 0 Å². The maximum absolute atomic E-state index is 10.2. The molecule has 5 fully saturated rings. The molecule has 8 atom stereocenters. The van der Waals surface area contributed by atoms with Crippen LogP contribution in [0, 0.1) is 23.7 Å². The third-order valence-corrected chi connectivity index (χ3v) is 6.33. The van der Waals surface area contributed by atoms with Gasteiger partial charge >= 0.3 is 0 Å². The number of rotatable bonds is 0. The number of hydrogen-bond acceptors (Lipinski definition) is 7. The van der Waals surface area contributed by atoms with Crippen molar-refractivity contribution in [1.82, 2.24) is 5.32 Å². The molecule has 4 saturated heterocycles. The van der Waals surface area contributed by atoms with E-state index in [1.807, 2.05) is 19.2 Å². The van der Waals surface area contributed by atoms with Crippen LogP contribution in [0.2, 0.25) is 0 Å². The van der Waals surface area contributed by atoms with Gasteiger partial charge in [-0.05, 0) is 38.0 Å². The van der Waals surface area contributed by atoms with Crippen molar-refractivity contribution in [2.24, 2.45) is 23.7 Å². The van der Waals surface area contributed by atoms with Gasteiger partial charge in [-0.1, -0.05) is 13.8 Å². The van der Waals surface area contributed by atoms with E-state index in [1.54, 1.807) is 0 Å². The van der Waals surface area contributed by atoms with Crippen molar-refractivity contribution in [3.8, 4) is 0 Å². The normalized spacial score (nSPS) is 50.8. The van der Waals surface area contributed by atoms with Crippen LogP contribution < -0.4 is 10.4 Å². The molecule has 4 aliphatic heterocycles. The van der Waals surface area contributed by atoms with Gasteiger partial charge in [0, 0.05) is 25.3 Å². The molecule has 1 aliphatic carbocycles. The van der Waals surface area contributed by atoms with Crippen LogP contribution in [-0.2, 0) is 19.2 Å². The van der Waals surface area contributed by atoms with E-state index in [-0.39, 0.29) is 11.8 Å². The molecule has 1 amide bonds. The number of carboxylic acid groups (broad SMARTS) is 1. The zero-order valence-electron chi connectivity index (χ0n) is 15.2. The molecule has 8 nitrogen and oxygen atoms in total. The highest BCUT2D eigenvalue weighted by Crippen LogP contribution is 2.60. The summed E-state index contributed by atoms with van der Waals surface area (Å²) < 4.78 is 11.9. The molecule has 0 radical (unpaired) electrons. The first-order valence-electron chi connectivity index (χ1n) is 9.00. The van der Waals surface area contributed by atoms with Gasteiger partial charge < -0.3 is 29.8 Å². The fourth-order valence-corrected chi connectivity index (χ4v) is 4.89. The number of hydrogen-bond donors (Lipinski definition) is 2. The van der Waals surface area contributed by atoms with Crippen molar-refractivity contribution in [3.05, 3.63) is 0 Å². The monoisotopic (exact) mass is 358 g/mol. The number of amides is 1. The minimum atomic E-state index is -1.25. The lowest BCUT2D eigenvalue weighted by Crippen LogP contribution is -2.70. The van der Waals surface area contributed by atoms with Gasteiger partial charge in [0.2, 0.25) is 5.79 Å². The minimum absolute atomic E-state index is 0.0379. The molecule has 1 saturated carbocycles. The Labute approximate surface area is 147 Å². The highest BCUT2D eigenvalue weighted by molar-refractivity contribution is 5.61. The number of aliphatic hydroxyl groups is 1. The second-order valence-electron chi connectivity index (χ2n) is 7.83. The predicted octanol–water partition coefficient (Wildman–Crippen LogP) is 0.736. The molecule has 0 aromatic heterocycles. The van der Waals surface area contributed by atoms with Gasteiger partial charge in [-0.15, -0.1) is 0 Å². The molecule has 5 rings (SSSR count). The average Bonchev–Trinajstić information content (AvgIpc) is 2.79. The third kappa shape index (κ3) is 3.04. The molecular formula is C17H28NO7-. The Bertz CT molecular complexity index is 513. The number of fused-ring (bicyclic) bond motifs is 2. The van der Waals surface area contributed by atoms with Crippen molar-refractivity contribution >= 4 is 6.09 Å². The molecule has 2 bridgehead atoms. The van der Waals surface area contributed by atoms with Crippen molar-refractivity contribution in [2.45, 2.75) is 70.4 Å². The van der Waals surface area contributed by atoms with Crippen molar-refractivity contribution in [3.63, 3.8) is 0 Å². The van der Waals surface area contributed by atoms with Gasteiger partial charge in [0.25, 0.3) is 0 Å². The summed E-state index contributed by atoms with van der Waals surface area (Å²) in [6.07, 6.45) is 1.48. The fourth-order valence-electron chi connectivity index (χ4n) is 4.89. The molecule has 4 heterocycles. The molecule has 0 aromatic carbocycles. The third-order valence-electron chi connectivity index (χ3n) is 6.33. The van der Waals surface area contributed by atoms with Gasteiger partial charge in [0.1, 0.15) is 6.09 Å². The van der Waals surface area contributed by atoms with E-state index >= 15 is 0 Å². The van der Waals surface area contributed by atoms with Gasteiger partial charge in [0.15, 0.2) is 18.2 Å². The Morgan fingerprint density at radius 1 is 1.20 bits per heavy atom. The van der Waals surface area contributed by atoms with Gasteiger partial charge in [-0.25, -0.2) is 9.78 Å². The summed E-state index contributed by atoms with van der Waals surface area (Å²) in [5.74, 6) is 0.437. The standard InChI is InChI=1S/C15H24O5.C2H5NO2/c1-8-4-5-11-9(2)12(16)17-13-15(11)10(8)6-7-14(3,18-13)19-20-15;1-3-2(4)5/h8-13,16H,4-7H2,1-3H3;3H,1H3,(H,4,5)/p-1/t8-,9-,10+,11+,12+,13-,14?,15-;/m1./s1. The largest absolute Gasteiger partial charge is 0.530 e. The van der Waals surface area contributed by atoms with Crippen molar-refractivity contribution in [2.75, 3.05) is 7.05 Å². The summed E-state index contributed by atoms with van der Waals surface area (Å²) in [5, 5.41) is 21.2. The summed E-state index contributed by atoms with van der Waals surface area (Å²) in [7, 11) is 1.29. The van der Waals surface area contributed by atoms with Crippen LogP contribution >= 0.6 is 0 Å². The molecular weight excluding hydrogens is 330 g/mol. The molecule has 2 N–H and O–H groups in total. The van der Waals surface area contributed by atoms with Crippen LogP contribution in [0.4, 0.5) is 4.79 Å². The maximum atomic E-state index is 10.2.